The fraction of sp³-hybridized carbons (Fsp3) is 0.738. The SMILES string of the molecule is C/C=C1\NC(=O)[C@H](Cc2ccccc2)NC(=O)[C@@H](C(C)C)NC(=O)[C@@H]([C@@H](C)CC)NC(=O)[C@H](NC(=O)[C@H](NC(=O)[C@H](CCCN)NC(=O)[C@H]2CCCN2C(=O)[C@H](NC(=O)[C@@H](NC(=O)[C@@H](NC(=O)[C@H](NC(=O)CCCCCCCCCCCCCCC)C(C)C)[C@@H](C)O)C(C)C)C(C)C)[C@@H](C)CC)[C@@H](C)OC(=O)[C@H](C(C)C)NC1=O. The number of hydrogen-bond donors (Lipinski definition) is 14. The number of amides is 13. The van der Waals surface area contributed by atoms with Gasteiger partial charge in [-0.2, -0.15) is 0 Å². The molecule has 2 saturated heterocycles. The molecule has 0 aliphatic carbocycles. The predicted octanol–water partition coefficient (Wildman–Crippen LogP) is 5.49. The largest absolute Gasteiger partial charge is 0.458 e. The average Bonchev–Trinajstić information content (AvgIpc) is 1.43. The second-order valence-corrected chi connectivity index (χ2v) is 32.9. The lowest BCUT2D eigenvalue weighted by atomic mass is 9.95. The Hall–Kier alpha value is -8.54. The number of hydrogen-bond acceptors (Lipinski definition) is 17. The minimum absolute atomic E-state index is 0.0351. The highest BCUT2D eigenvalue weighted by Gasteiger charge is 2.45. The molecular weight excluding hydrogens is 1460 g/mol. The molecule has 2 aliphatic heterocycles. The molecule has 0 bridgehead atoms. The summed E-state index contributed by atoms with van der Waals surface area (Å²) in [6.45, 7) is 30.0. The van der Waals surface area contributed by atoms with Crippen molar-refractivity contribution < 1.29 is 77.0 Å². The standard InChI is InChI=1S/C84H142N14O16/c1-19-23-24-25-26-27-28-29-30-31-32-33-37-44-62(100)89-63(48(5)6)77(106)96-70(55(17)99)81(110)91-65(50(9)10)78(107)92-66(51(11)12)83(112)98-46-39-43-61(98)75(104)87-59(42-38-45-85)73(102)94-68(53(15)20-2)80(109)97-71-56(18)114-84(113)67(52(13)14)93-72(101)58(22-4)86-74(103)60(47-57-40-35-34-36-41-57)88-76(105)64(49(7)8)90-79(108)69(54(16)21-3)95-82(71)111/h22,34-36,40-41,48-56,59-61,63-71,99H,19-21,23-33,37-39,42-47,85H2,1-18H3,(H,86,103)(H,87,104)(H,88,105)(H,89,100)(H,90,108)(H,91,110)(H,92,107)(H,93,101)(H,94,102)(H,95,111)(H,96,106)(H,97,109)/b58-22-/t53-,54-,55+,56+,59-,60-,61+,63+,64+,65-,66+,67-,68+,69+,70-,71+/m0/s1. The van der Waals surface area contributed by atoms with Crippen molar-refractivity contribution >= 4 is 82.8 Å². The van der Waals surface area contributed by atoms with Crippen LogP contribution in [0.3, 0.4) is 0 Å². The molecule has 30 heteroatoms. The molecule has 0 spiro atoms. The van der Waals surface area contributed by atoms with E-state index in [1.807, 2.05) is 0 Å². The van der Waals surface area contributed by atoms with Crippen molar-refractivity contribution in [1.29, 1.82) is 0 Å². The van der Waals surface area contributed by atoms with E-state index < -0.39 is 203 Å². The van der Waals surface area contributed by atoms with Gasteiger partial charge in [0.2, 0.25) is 70.9 Å². The van der Waals surface area contributed by atoms with Crippen LogP contribution in [0, 0.1) is 41.4 Å². The topological polar surface area (TPSA) is 442 Å². The molecule has 16 atom stereocenters. The Morgan fingerprint density at radius 1 is 0.561 bits per heavy atom. The van der Waals surface area contributed by atoms with E-state index in [0.29, 0.717) is 24.8 Å². The van der Waals surface area contributed by atoms with Crippen LogP contribution < -0.4 is 69.5 Å². The third-order valence-electron chi connectivity index (χ3n) is 21.6. The highest BCUT2D eigenvalue weighted by molar-refractivity contribution is 6.03. The molecule has 13 amide bonds. The van der Waals surface area contributed by atoms with Crippen LogP contribution in [0.5, 0.6) is 0 Å². The highest BCUT2D eigenvalue weighted by atomic mass is 16.5. The summed E-state index contributed by atoms with van der Waals surface area (Å²) in [6.07, 6.45) is 14.6. The molecule has 2 heterocycles. The van der Waals surface area contributed by atoms with E-state index in [1.165, 1.54) is 83.1 Å². The molecule has 0 saturated carbocycles. The van der Waals surface area contributed by atoms with Gasteiger partial charge in [0.05, 0.1) is 6.10 Å². The Morgan fingerprint density at radius 2 is 1.07 bits per heavy atom. The molecule has 15 N–H and O–H groups in total. The summed E-state index contributed by atoms with van der Waals surface area (Å²) in [4.78, 5) is 203. The van der Waals surface area contributed by atoms with Gasteiger partial charge in [0.15, 0.2) is 0 Å². The Bertz CT molecular complexity index is 3310. The van der Waals surface area contributed by atoms with Gasteiger partial charge in [-0.1, -0.05) is 230 Å². The van der Waals surface area contributed by atoms with E-state index in [0.717, 1.165) is 25.7 Å². The first kappa shape index (κ1) is 99.7. The van der Waals surface area contributed by atoms with Crippen molar-refractivity contribution in [3.63, 3.8) is 0 Å². The van der Waals surface area contributed by atoms with Crippen LogP contribution in [0.4, 0.5) is 0 Å². The Morgan fingerprint density at radius 3 is 1.59 bits per heavy atom. The van der Waals surface area contributed by atoms with Gasteiger partial charge in [0.25, 0.3) is 5.91 Å². The number of rotatable bonds is 43. The van der Waals surface area contributed by atoms with Crippen molar-refractivity contribution in [2.24, 2.45) is 47.2 Å². The smallest absolute Gasteiger partial charge is 0.329 e. The number of aliphatic hydroxyl groups excluding tert-OH is 1. The molecule has 0 unspecified atom stereocenters. The van der Waals surface area contributed by atoms with E-state index in [4.69, 9.17) is 10.5 Å². The minimum atomic E-state index is -1.83. The van der Waals surface area contributed by atoms with Crippen LogP contribution in [0.2, 0.25) is 0 Å². The van der Waals surface area contributed by atoms with Crippen molar-refractivity contribution in [3.8, 4) is 0 Å². The molecule has 114 heavy (non-hydrogen) atoms. The number of esters is 1. The summed E-state index contributed by atoms with van der Waals surface area (Å²) in [5.74, 6) is -15.4. The van der Waals surface area contributed by atoms with Gasteiger partial charge in [-0.3, -0.25) is 62.3 Å². The second kappa shape index (κ2) is 51.4. The highest BCUT2D eigenvalue weighted by Crippen LogP contribution is 2.24. The molecule has 0 aromatic heterocycles. The first-order chi connectivity index (χ1) is 53.9. The van der Waals surface area contributed by atoms with Crippen LogP contribution in [0.25, 0.3) is 0 Å². The van der Waals surface area contributed by atoms with E-state index in [1.54, 1.807) is 127 Å². The number of unbranched alkanes of at least 4 members (excludes halogenated alkanes) is 12. The van der Waals surface area contributed by atoms with Gasteiger partial charge in [0, 0.05) is 19.4 Å². The molecule has 2 aliphatic rings. The number of nitrogens with zero attached hydrogens (tertiary/aromatic N) is 1. The van der Waals surface area contributed by atoms with Crippen LogP contribution in [0.1, 0.15) is 259 Å². The van der Waals surface area contributed by atoms with Gasteiger partial charge < -0.3 is 84.3 Å². The summed E-state index contributed by atoms with van der Waals surface area (Å²) in [5.41, 5.74) is 6.36. The number of cyclic esters (lactones) is 1. The average molecular weight is 1600 g/mol. The van der Waals surface area contributed by atoms with Gasteiger partial charge >= 0.3 is 5.97 Å². The van der Waals surface area contributed by atoms with Crippen LogP contribution in [0.15, 0.2) is 42.1 Å². The van der Waals surface area contributed by atoms with E-state index in [-0.39, 0.29) is 63.2 Å². The zero-order chi connectivity index (χ0) is 85.6. The monoisotopic (exact) mass is 1600 g/mol. The zero-order valence-corrected chi connectivity index (χ0v) is 71.4. The molecule has 1 aromatic rings. The number of benzene rings is 1. The zero-order valence-electron chi connectivity index (χ0n) is 71.4. The minimum Gasteiger partial charge on any atom is -0.458 e. The second-order valence-electron chi connectivity index (χ2n) is 32.9. The lowest BCUT2D eigenvalue weighted by molar-refractivity contribution is -0.157. The van der Waals surface area contributed by atoms with E-state index in [2.05, 4.69) is 70.7 Å². The van der Waals surface area contributed by atoms with Crippen molar-refractivity contribution in [1.82, 2.24) is 68.7 Å². The number of nitrogens with one attached hydrogen (secondary N) is 12. The number of nitrogens with two attached hydrogens (primary N) is 1. The Balaban J connectivity index is 1.90. The molecule has 3 rings (SSSR count). The van der Waals surface area contributed by atoms with Crippen LogP contribution >= 0.6 is 0 Å². The third kappa shape index (κ3) is 32.6. The molecule has 30 nitrogen and oxygen atoms in total. The number of ether oxygens (including phenoxy) is 1. The molecule has 2 fully saturated rings. The van der Waals surface area contributed by atoms with Crippen molar-refractivity contribution in [3.05, 3.63) is 47.7 Å². The van der Waals surface area contributed by atoms with Gasteiger partial charge in [-0.05, 0) is 106 Å². The normalized spacial score (nSPS) is 21.7. The van der Waals surface area contributed by atoms with Gasteiger partial charge in [0.1, 0.15) is 84.3 Å². The van der Waals surface area contributed by atoms with Crippen LogP contribution in [-0.4, -0.2) is 191 Å². The van der Waals surface area contributed by atoms with E-state index in [9.17, 15) is 62.6 Å². The van der Waals surface area contributed by atoms with Gasteiger partial charge in [-0.15, -0.1) is 0 Å². The first-order valence-electron chi connectivity index (χ1n) is 42.1. The van der Waals surface area contributed by atoms with Crippen molar-refractivity contribution in [2.75, 3.05) is 13.1 Å². The quantitative estimate of drug-likeness (QED) is 0.0218. The number of carbonyl (C=O) groups is 14. The molecule has 644 valence electrons. The van der Waals surface area contributed by atoms with Gasteiger partial charge in [-0.25, -0.2) is 4.79 Å². The maximum Gasteiger partial charge on any atom is 0.329 e. The van der Waals surface area contributed by atoms with E-state index >= 15 is 9.59 Å². The first-order valence-corrected chi connectivity index (χ1v) is 42.1. The maximum atomic E-state index is 15.1. The molecule has 1 aromatic carbocycles. The summed E-state index contributed by atoms with van der Waals surface area (Å²) in [7, 11) is 0. The fourth-order valence-electron chi connectivity index (χ4n) is 13.8. The summed E-state index contributed by atoms with van der Waals surface area (Å²) >= 11 is 0. The third-order valence-corrected chi connectivity index (χ3v) is 21.6. The van der Waals surface area contributed by atoms with Crippen molar-refractivity contribution in [2.45, 2.75) is 344 Å². The lowest BCUT2D eigenvalue weighted by Crippen LogP contribution is -2.64. The predicted molar refractivity (Wildman–Crippen MR) is 437 cm³/mol. The number of aliphatic hydroxyl groups is 1. The Kier molecular flexibility index (Phi) is 45.0. The lowest BCUT2D eigenvalue weighted by Gasteiger charge is -2.33. The fourth-order valence-corrected chi connectivity index (χ4v) is 13.8. The molecular formula is C84H142N14O16. The summed E-state index contributed by atoms with van der Waals surface area (Å²) in [6, 6.07) is -7.66. The summed E-state index contributed by atoms with van der Waals surface area (Å²) < 4.78 is 5.98. The summed E-state index contributed by atoms with van der Waals surface area (Å²) in [5, 5.41) is 43.5. The van der Waals surface area contributed by atoms with Crippen LogP contribution in [-0.2, 0) is 78.3 Å². The number of allylic oxidation sites excluding steroid dienone is 1. The Labute approximate surface area is 677 Å². The number of carbonyl (C=O) groups excluding carboxylic acids is 14. The molecule has 0 radical (unpaired) electrons. The number of likely N-dealkylation sites (tertiary alicyclic amines) is 1. The maximum absolute atomic E-state index is 15.1.